The van der Waals surface area contributed by atoms with Gasteiger partial charge in [0.15, 0.2) is 11.3 Å². The van der Waals surface area contributed by atoms with Crippen molar-refractivity contribution in [3.8, 4) is 5.75 Å². The standard InChI is InChI=1S/C22H24ClN3O4/c1-22(2)13-26(7-8-29-22)20(27)15-10-17-19(18(11-15)28-3)30-21(25-17)24-12-14-5-4-6-16(23)9-14/h4-6,9-11H,7-8,12-13H2,1-3H3,(H,24,25). The zero-order valence-electron chi connectivity index (χ0n) is 17.2. The summed E-state index contributed by atoms with van der Waals surface area (Å²) in [6.07, 6.45) is 0. The summed E-state index contributed by atoms with van der Waals surface area (Å²) in [6.45, 7) is 6.05. The second-order valence-corrected chi connectivity index (χ2v) is 8.30. The number of hydrogen-bond donors (Lipinski definition) is 1. The van der Waals surface area contributed by atoms with Crippen molar-refractivity contribution >= 4 is 34.6 Å². The SMILES string of the molecule is COc1cc(C(=O)N2CCOC(C)(C)C2)cc2nc(NCc3cccc(Cl)c3)oc12. The summed E-state index contributed by atoms with van der Waals surface area (Å²) in [6, 6.07) is 11.3. The van der Waals surface area contributed by atoms with E-state index >= 15 is 0 Å². The predicted octanol–water partition coefficient (Wildman–Crippen LogP) is 4.35. The third kappa shape index (κ3) is 4.37. The van der Waals surface area contributed by atoms with Gasteiger partial charge in [0.05, 0.1) is 19.3 Å². The Balaban J connectivity index is 1.58. The molecule has 1 aromatic heterocycles. The first kappa shape index (κ1) is 20.5. The van der Waals surface area contributed by atoms with Gasteiger partial charge in [0, 0.05) is 30.2 Å². The van der Waals surface area contributed by atoms with E-state index < -0.39 is 0 Å². The van der Waals surface area contributed by atoms with Crippen LogP contribution in [0.5, 0.6) is 5.75 Å². The summed E-state index contributed by atoms with van der Waals surface area (Å²) in [5, 5.41) is 3.82. The van der Waals surface area contributed by atoms with E-state index in [1.807, 2.05) is 38.1 Å². The minimum absolute atomic E-state index is 0.0805. The Morgan fingerprint density at radius 1 is 1.33 bits per heavy atom. The van der Waals surface area contributed by atoms with Crippen molar-refractivity contribution in [1.29, 1.82) is 0 Å². The lowest BCUT2D eigenvalue weighted by atomic mass is 10.1. The Bertz CT molecular complexity index is 1080. The van der Waals surface area contributed by atoms with E-state index in [1.54, 1.807) is 24.1 Å². The molecular weight excluding hydrogens is 406 g/mol. The third-order valence-corrected chi connectivity index (χ3v) is 5.20. The van der Waals surface area contributed by atoms with Crippen LogP contribution in [0, 0.1) is 0 Å². The molecule has 30 heavy (non-hydrogen) atoms. The van der Waals surface area contributed by atoms with Crippen LogP contribution in [0.2, 0.25) is 5.02 Å². The van der Waals surface area contributed by atoms with Crippen molar-refractivity contribution in [2.45, 2.75) is 26.0 Å². The number of anilines is 1. The molecule has 1 aliphatic heterocycles. The van der Waals surface area contributed by atoms with Crippen molar-refractivity contribution in [3.63, 3.8) is 0 Å². The average Bonchev–Trinajstić information content (AvgIpc) is 3.13. The van der Waals surface area contributed by atoms with Crippen LogP contribution in [0.3, 0.4) is 0 Å². The number of carbonyl (C=O) groups is 1. The molecule has 1 aliphatic rings. The highest BCUT2D eigenvalue weighted by atomic mass is 35.5. The van der Waals surface area contributed by atoms with Crippen LogP contribution in [0.25, 0.3) is 11.1 Å². The van der Waals surface area contributed by atoms with Gasteiger partial charge in [-0.2, -0.15) is 4.98 Å². The largest absolute Gasteiger partial charge is 0.493 e. The number of amides is 1. The van der Waals surface area contributed by atoms with Gasteiger partial charge in [-0.15, -0.1) is 0 Å². The molecule has 3 aromatic rings. The fourth-order valence-electron chi connectivity index (χ4n) is 3.55. The number of carbonyl (C=O) groups excluding carboxylic acids is 1. The van der Waals surface area contributed by atoms with Crippen molar-refractivity contribution in [3.05, 3.63) is 52.5 Å². The minimum Gasteiger partial charge on any atom is -0.493 e. The summed E-state index contributed by atoms with van der Waals surface area (Å²) in [5.74, 6) is 0.384. The first-order valence-electron chi connectivity index (χ1n) is 9.75. The van der Waals surface area contributed by atoms with E-state index in [9.17, 15) is 4.79 Å². The maximum atomic E-state index is 13.1. The topological polar surface area (TPSA) is 76.8 Å². The first-order chi connectivity index (χ1) is 14.3. The lowest BCUT2D eigenvalue weighted by Gasteiger charge is -2.38. The zero-order chi connectivity index (χ0) is 21.3. The Morgan fingerprint density at radius 2 is 2.17 bits per heavy atom. The van der Waals surface area contributed by atoms with E-state index in [0.717, 1.165) is 5.56 Å². The highest BCUT2D eigenvalue weighted by Gasteiger charge is 2.31. The van der Waals surface area contributed by atoms with Crippen LogP contribution >= 0.6 is 11.6 Å². The van der Waals surface area contributed by atoms with Gasteiger partial charge in [0.1, 0.15) is 5.52 Å². The zero-order valence-corrected chi connectivity index (χ0v) is 18.0. The fraction of sp³-hybridized carbons (Fsp3) is 0.364. The number of halogens is 1. The third-order valence-electron chi connectivity index (χ3n) is 4.97. The normalized spacial score (nSPS) is 15.9. The second-order valence-electron chi connectivity index (χ2n) is 7.86. The lowest BCUT2D eigenvalue weighted by molar-refractivity contribution is -0.0764. The summed E-state index contributed by atoms with van der Waals surface area (Å²) in [5.41, 5.74) is 2.19. The predicted molar refractivity (Wildman–Crippen MR) is 115 cm³/mol. The molecular formula is C22H24ClN3O4. The summed E-state index contributed by atoms with van der Waals surface area (Å²) in [4.78, 5) is 19.4. The Hall–Kier alpha value is -2.77. The van der Waals surface area contributed by atoms with Crippen LogP contribution in [0.1, 0.15) is 29.8 Å². The molecule has 2 heterocycles. The molecule has 0 unspecified atom stereocenters. The number of fused-ring (bicyclic) bond motifs is 1. The smallest absolute Gasteiger partial charge is 0.296 e. The van der Waals surface area contributed by atoms with E-state index in [0.29, 0.717) is 59.7 Å². The molecule has 4 rings (SSSR count). The Kier molecular flexibility index (Phi) is 5.58. The van der Waals surface area contributed by atoms with Crippen LogP contribution < -0.4 is 10.1 Å². The second kappa shape index (κ2) is 8.16. The van der Waals surface area contributed by atoms with Crippen molar-refractivity contribution in [1.82, 2.24) is 9.88 Å². The maximum absolute atomic E-state index is 13.1. The number of rotatable bonds is 5. The summed E-state index contributed by atoms with van der Waals surface area (Å²) >= 11 is 6.03. The van der Waals surface area contributed by atoms with Crippen molar-refractivity contribution in [2.75, 3.05) is 32.1 Å². The Morgan fingerprint density at radius 3 is 2.90 bits per heavy atom. The Labute approximate surface area is 179 Å². The monoisotopic (exact) mass is 429 g/mol. The number of nitrogens with zero attached hydrogens (tertiary/aromatic N) is 2. The van der Waals surface area contributed by atoms with Gasteiger partial charge in [-0.3, -0.25) is 4.79 Å². The highest BCUT2D eigenvalue weighted by Crippen LogP contribution is 2.31. The molecule has 7 nitrogen and oxygen atoms in total. The molecule has 1 amide bonds. The fourth-order valence-corrected chi connectivity index (χ4v) is 3.76. The number of benzene rings is 2. The van der Waals surface area contributed by atoms with E-state index in [-0.39, 0.29) is 11.5 Å². The molecule has 158 valence electrons. The molecule has 0 spiro atoms. The number of ether oxygens (including phenoxy) is 2. The number of hydrogen-bond acceptors (Lipinski definition) is 6. The average molecular weight is 430 g/mol. The molecule has 0 radical (unpaired) electrons. The van der Waals surface area contributed by atoms with Gasteiger partial charge >= 0.3 is 0 Å². The number of methoxy groups -OCH3 is 1. The number of morpholine rings is 1. The molecule has 0 atom stereocenters. The van der Waals surface area contributed by atoms with Crippen LogP contribution in [0.4, 0.5) is 6.01 Å². The number of aromatic nitrogens is 1. The molecule has 0 bridgehead atoms. The van der Waals surface area contributed by atoms with Crippen molar-refractivity contribution in [2.24, 2.45) is 0 Å². The van der Waals surface area contributed by atoms with Crippen molar-refractivity contribution < 1.29 is 18.7 Å². The summed E-state index contributed by atoms with van der Waals surface area (Å²) in [7, 11) is 1.54. The van der Waals surface area contributed by atoms with Crippen LogP contribution in [-0.4, -0.2) is 48.2 Å². The molecule has 1 N–H and O–H groups in total. The molecule has 0 saturated carbocycles. The van der Waals surface area contributed by atoms with Gasteiger partial charge in [0.25, 0.3) is 11.9 Å². The molecule has 0 aliphatic carbocycles. The van der Waals surface area contributed by atoms with Crippen LogP contribution in [-0.2, 0) is 11.3 Å². The van der Waals surface area contributed by atoms with Gasteiger partial charge in [-0.05, 0) is 43.7 Å². The van der Waals surface area contributed by atoms with Gasteiger partial charge in [-0.25, -0.2) is 0 Å². The first-order valence-corrected chi connectivity index (χ1v) is 10.1. The van der Waals surface area contributed by atoms with E-state index in [2.05, 4.69) is 10.3 Å². The van der Waals surface area contributed by atoms with Gasteiger partial charge in [0.2, 0.25) is 0 Å². The van der Waals surface area contributed by atoms with Gasteiger partial charge < -0.3 is 24.1 Å². The molecule has 8 heteroatoms. The quantitative estimate of drug-likeness (QED) is 0.649. The molecule has 1 saturated heterocycles. The van der Waals surface area contributed by atoms with E-state index in [1.165, 1.54) is 0 Å². The molecule has 2 aromatic carbocycles. The van der Waals surface area contributed by atoms with Gasteiger partial charge in [-0.1, -0.05) is 23.7 Å². The van der Waals surface area contributed by atoms with Crippen LogP contribution in [0.15, 0.2) is 40.8 Å². The van der Waals surface area contributed by atoms with E-state index in [4.69, 9.17) is 25.5 Å². The lowest BCUT2D eigenvalue weighted by Crippen LogP contribution is -2.50. The number of oxazole rings is 1. The summed E-state index contributed by atoms with van der Waals surface area (Å²) < 4.78 is 17.0. The minimum atomic E-state index is -0.368. The maximum Gasteiger partial charge on any atom is 0.296 e. The number of nitrogens with one attached hydrogen (secondary N) is 1. The molecule has 1 fully saturated rings. The highest BCUT2D eigenvalue weighted by molar-refractivity contribution is 6.30.